The van der Waals surface area contributed by atoms with Gasteiger partial charge in [0, 0.05) is 0 Å². The van der Waals surface area contributed by atoms with Crippen LogP contribution in [0.15, 0.2) is 24.3 Å². The third-order valence-electron chi connectivity index (χ3n) is 4.76. The Kier molecular flexibility index (Phi) is 3.37. The minimum atomic E-state index is 0.486. The minimum Gasteiger partial charge on any atom is -0.0651 e. The molecule has 88 valence electrons. The van der Waals surface area contributed by atoms with Crippen LogP contribution in [0.25, 0.3) is 0 Å². The van der Waals surface area contributed by atoms with Crippen LogP contribution in [0.1, 0.15) is 57.1 Å². The zero-order valence-electron chi connectivity index (χ0n) is 10.9. The van der Waals surface area contributed by atoms with Gasteiger partial charge >= 0.3 is 0 Å². The van der Waals surface area contributed by atoms with Gasteiger partial charge < -0.3 is 0 Å². The molecule has 0 spiro atoms. The van der Waals surface area contributed by atoms with Crippen molar-refractivity contribution in [1.82, 2.24) is 0 Å². The van der Waals surface area contributed by atoms with Crippen molar-refractivity contribution in [2.75, 3.05) is 0 Å². The number of hydrogen-bond acceptors (Lipinski definition) is 0. The van der Waals surface area contributed by atoms with Gasteiger partial charge in [0.2, 0.25) is 0 Å². The van der Waals surface area contributed by atoms with Crippen LogP contribution in [0.2, 0.25) is 0 Å². The van der Waals surface area contributed by atoms with Crippen LogP contribution >= 0.6 is 0 Å². The van der Waals surface area contributed by atoms with Crippen LogP contribution < -0.4 is 0 Å². The molecule has 0 nitrogen and oxygen atoms in total. The molecule has 0 heteroatoms. The summed E-state index contributed by atoms with van der Waals surface area (Å²) in [6.07, 6.45) is 6.88. The minimum absolute atomic E-state index is 0.486. The van der Waals surface area contributed by atoms with E-state index in [-0.39, 0.29) is 0 Å². The second-order valence-corrected chi connectivity index (χ2v) is 5.32. The maximum atomic E-state index is 2.38. The molecule has 0 bridgehead atoms. The van der Waals surface area contributed by atoms with Crippen molar-refractivity contribution in [3.63, 3.8) is 0 Å². The van der Waals surface area contributed by atoms with Crippen molar-refractivity contribution in [2.45, 2.75) is 58.3 Å². The third-order valence-corrected chi connectivity index (χ3v) is 4.76. The molecule has 0 amide bonds. The Hall–Kier alpha value is -0.780. The van der Waals surface area contributed by atoms with E-state index in [2.05, 4.69) is 45.0 Å². The molecular weight excluding hydrogens is 192 g/mol. The molecule has 1 aliphatic carbocycles. The van der Waals surface area contributed by atoms with Crippen molar-refractivity contribution in [3.05, 3.63) is 35.4 Å². The molecule has 2 unspecified atom stereocenters. The van der Waals surface area contributed by atoms with Gasteiger partial charge in [0.25, 0.3) is 0 Å². The first-order valence-electron chi connectivity index (χ1n) is 6.80. The van der Waals surface area contributed by atoms with E-state index in [0.29, 0.717) is 5.41 Å². The molecule has 1 fully saturated rings. The summed E-state index contributed by atoms with van der Waals surface area (Å²) < 4.78 is 0. The highest BCUT2D eigenvalue weighted by atomic mass is 14.5. The lowest BCUT2D eigenvalue weighted by molar-refractivity contribution is 0.293. The Bertz CT molecular complexity index is 353. The van der Waals surface area contributed by atoms with Gasteiger partial charge in [0.05, 0.1) is 0 Å². The fourth-order valence-electron chi connectivity index (χ4n) is 3.88. The zero-order chi connectivity index (χ0) is 11.6. The van der Waals surface area contributed by atoms with Gasteiger partial charge in [-0.15, -0.1) is 0 Å². The summed E-state index contributed by atoms with van der Waals surface area (Å²) in [4.78, 5) is 0. The Morgan fingerprint density at radius 3 is 2.62 bits per heavy atom. The van der Waals surface area contributed by atoms with Crippen LogP contribution in [-0.2, 0) is 5.41 Å². The van der Waals surface area contributed by atoms with E-state index >= 15 is 0 Å². The summed E-state index contributed by atoms with van der Waals surface area (Å²) in [6.45, 7) is 7.01. The Morgan fingerprint density at radius 2 is 2.00 bits per heavy atom. The molecule has 1 aromatic rings. The average molecular weight is 216 g/mol. The van der Waals surface area contributed by atoms with E-state index in [9.17, 15) is 0 Å². The summed E-state index contributed by atoms with van der Waals surface area (Å²) >= 11 is 0. The molecular formula is C16H24. The number of rotatable bonds is 3. The lowest BCUT2D eigenvalue weighted by Crippen LogP contribution is -2.30. The van der Waals surface area contributed by atoms with E-state index in [4.69, 9.17) is 0 Å². The zero-order valence-corrected chi connectivity index (χ0v) is 10.9. The van der Waals surface area contributed by atoms with E-state index < -0.39 is 0 Å². The van der Waals surface area contributed by atoms with Crippen LogP contribution in [0.5, 0.6) is 0 Å². The lowest BCUT2D eigenvalue weighted by atomic mass is 9.68. The molecule has 0 aliphatic heterocycles. The van der Waals surface area contributed by atoms with Crippen LogP contribution in [0.4, 0.5) is 0 Å². The maximum absolute atomic E-state index is 2.38. The van der Waals surface area contributed by atoms with Crippen molar-refractivity contribution in [3.8, 4) is 0 Å². The highest BCUT2D eigenvalue weighted by molar-refractivity contribution is 5.35. The van der Waals surface area contributed by atoms with Gasteiger partial charge in [-0.05, 0) is 48.6 Å². The first-order valence-corrected chi connectivity index (χ1v) is 6.80. The van der Waals surface area contributed by atoms with Crippen molar-refractivity contribution >= 4 is 0 Å². The van der Waals surface area contributed by atoms with E-state index in [0.717, 1.165) is 5.92 Å². The molecule has 1 saturated carbocycles. The van der Waals surface area contributed by atoms with Crippen molar-refractivity contribution in [1.29, 1.82) is 0 Å². The molecule has 0 N–H and O–H groups in total. The molecule has 0 saturated heterocycles. The Morgan fingerprint density at radius 1 is 1.25 bits per heavy atom. The van der Waals surface area contributed by atoms with Gasteiger partial charge in [0.15, 0.2) is 0 Å². The number of aryl methyl sites for hydroxylation is 1. The summed E-state index contributed by atoms with van der Waals surface area (Å²) in [7, 11) is 0. The largest absolute Gasteiger partial charge is 0.0651 e. The van der Waals surface area contributed by atoms with Gasteiger partial charge in [-0.2, -0.15) is 0 Å². The SMILES string of the molecule is CCC1CCCC1(CC)c1ccccc1C. The predicted octanol–water partition coefficient (Wildman–Crippen LogP) is 4.85. The Labute approximate surface area is 100 Å². The van der Waals surface area contributed by atoms with Gasteiger partial charge in [0.1, 0.15) is 0 Å². The first-order chi connectivity index (χ1) is 7.74. The summed E-state index contributed by atoms with van der Waals surface area (Å²) in [5.41, 5.74) is 3.60. The Balaban J connectivity index is 2.45. The van der Waals surface area contributed by atoms with Crippen LogP contribution in [-0.4, -0.2) is 0 Å². The van der Waals surface area contributed by atoms with Gasteiger partial charge in [-0.25, -0.2) is 0 Å². The first kappa shape index (κ1) is 11.7. The van der Waals surface area contributed by atoms with Crippen LogP contribution in [0.3, 0.4) is 0 Å². The summed E-state index contributed by atoms with van der Waals surface area (Å²) in [6, 6.07) is 9.02. The molecule has 1 aromatic carbocycles. The highest BCUT2D eigenvalue weighted by Gasteiger charge is 2.42. The van der Waals surface area contributed by atoms with Gasteiger partial charge in [-0.3, -0.25) is 0 Å². The van der Waals surface area contributed by atoms with Gasteiger partial charge in [-0.1, -0.05) is 51.0 Å². The second-order valence-electron chi connectivity index (χ2n) is 5.32. The fraction of sp³-hybridized carbons (Fsp3) is 0.625. The molecule has 2 rings (SSSR count). The van der Waals surface area contributed by atoms with E-state index in [1.54, 1.807) is 5.56 Å². The molecule has 0 aromatic heterocycles. The topological polar surface area (TPSA) is 0 Å². The lowest BCUT2D eigenvalue weighted by Gasteiger charge is -2.36. The predicted molar refractivity (Wildman–Crippen MR) is 70.8 cm³/mol. The maximum Gasteiger partial charge on any atom is -0.00189 e. The number of benzene rings is 1. The quantitative estimate of drug-likeness (QED) is 0.677. The monoisotopic (exact) mass is 216 g/mol. The molecule has 1 aliphatic rings. The smallest absolute Gasteiger partial charge is 0.00189 e. The van der Waals surface area contributed by atoms with E-state index in [1.165, 1.54) is 37.7 Å². The normalized spacial score (nSPS) is 29.6. The fourth-order valence-corrected chi connectivity index (χ4v) is 3.88. The summed E-state index contributed by atoms with van der Waals surface area (Å²) in [5, 5.41) is 0. The molecule has 0 heterocycles. The standard InChI is InChI=1S/C16H24/c1-4-14-10-8-12-16(14,5-2)15-11-7-6-9-13(15)3/h6-7,9,11,14H,4-5,8,10,12H2,1-3H3. The van der Waals surface area contributed by atoms with Crippen molar-refractivity contribution in [2.24, 2.45) is 5.92 Å². The number of hydrogen-bond donors (Lipinski definition) is 0. The summed E-state index contributed by atoms with van der Waals surface area (Å²) in [5.74, 6) is 0.901. The second kappa shape index (κ2) is 4.61. The molecule has 0 radical (unpaired) electrons. The van der Waals surface area contributed by atoms with Crippen LogP contribution in [0, 0.1) is 12.8 Å². The van der Waals surface area contributed by atoms with E-state index in [1.807, 2.05) is 0 Å². The molecule has 16 heavy (non-hydrogen) atoms. The third kappa shape index (κ3) is 1.69. The highest BCUT2D eigenvalue weighted by Crippen LogP contribution is 2.50. The average Bonchev–Trinajstić information content (AvgIpc) is 2.73. The van der Waals surface area contributed by atoms with Crippen molar-refractivity contribution < 1.29 is 0 Å². The molecule has 2 atom stereocenters.